The number of hydrogen-bond acceptors (Lipinski definition) is 6. The topological polar surface area (TPSA) is 90.2 Å². The number of rotatable bonds is 4. The molecule has 2 aliphatic rings. The first-order chi connectivity index (χ1) is 12.6. The lowest BCUT2D eigenvalue weighted by Crippen LogP contribution is -2.21. The van der Waals surface area contributed by atoms with Crippen molar-refractivity contribution in [3.05, 3.63) is 35.0 Å². The van der Waals surface area contributed by atoms with Crippen molar-refractivity contribution < 1.29 is 18.8 Å². The van der Waals surface area contributed by atoms with Crippen LogP contribution in [0.2, 0.25) is 0 Å². The average molecular weight is 353 g/mol. The number of hydrogen-bond donors (Lipinski definition) is 1. The Hall–Kier alpha value is -2.51. The van der Waals surface area contributed by atoms with Crippen LogP contribution in [-0.2, 0) is 9.47 Å². The van der Waals surface area contributed by atoms with E-state index in [4.69, 9.17) is 19.0 Å². The molecule has 3 heterocycles. The molecule has 0 spiro atoms. The molecular formula is C19H19N3O4. The summed E-state index contributed by atoms with van der Waals surface area (Å²) in [5.41, 5.74) is 4.58. The summed E-state index contributed by atoms with van der Waals surface area (Å²) in [6.45, 7) is 4.62. The van der Waals surface area contributed by atoms with Crippen LogP contribution in [0.3, 0.4) is 0 Å². The van der Waals surface area contributed by atoms with Gasteiger partial charge in [-0.15, -0.1) is 0 Å². The highest BCUT2D eigenvalue weighted by Crippen LogP contribution is 2.40. The summed E-state index contributed by atoms with van der Waals surface area (Å²) in [7, 11) is 0. The number of Topliss-reactive ketones (excluding diaryl/α,β-unsaturated/α-hetero) is 1. The fourth-order valence-electron chi connectivity index (χ4n) is 3.55. The Morgan fingerprint density at radius 2 is 1.96 bits per heavy atom. The number of aromatic amines is 1. The SMILES string of the molecule is Cc1noc(C)c1-c1cc(C(=O)C2OCCO2)c2nc(C3CC3)[nH]c2c1. The molecule has 2 aromatic heterocycles. The Labute approximate surface area is 149 Å². The number of ketones is 1. The summed E-state index contributed by atoms with van der Waals surface area (Å²) in [5, 5.41) is 4.03. The van der Waals surface area contributed by atoms with Gasteiger partial charge >= 0.3 is 0 Å². The molecule has 0 atom stereocenters. The number of benzene rings is 1. The van der Waals surface area contributed by atoms with E-state index in [0.717, 1.165) is 46.8 Å². The van der Waals surface area contributed by atoms with Crippen molar-refractivity contribution in [1.82, 2.24) is 15.1 Å². The van der Waals surface area contributed by atoms with Crippen molar-refractivity contribution >= 4 is 16.8 Å². The zero-order valence-corrected chi connectivity index (χ0v) is 14.7. The molecule has 1 saturated heterocycles. The first-order valence-corrected chi connectivity index (χ1v) is 8.86. The maximum Gasteiger partial charge on any atom is 0.222 e. The fourth-order valence-corrected chi connectivity index (χ4v) is 3.55. The van der Waals surface area contributed by atoms with Crippen molar-refractivity contribution in [3.63, 3.8) is 0 Å². The van der Waals surface area contributed by atoms with Crippen molar-refractivity contribution in [2.75, 3.05) is 13.2 Å². The van der Waals surface area contributed by atoms with E-state index in [-0.39, 0.29) is 5.78 Å². The van der Waals surface area contributed by atoms with Gasteiger partial charge in [0.2, 0.25) is 12.1 Å². The van der Waals surface area contributed by atoms with E-state index in [1.54, 1.807) is 0 Å². The Balaban J connectivity index is 1.70. The number of fused-ring (bicyclic) bond motifs is 1. The third-order valence-corrected chi connectivity index (χ3v) is 4.99. The molecule has 0 bridgehead atoms. The number of aryl methyl sites for hydroxylation is 2. The maximum absolute atomic E-state index is 13.0. The highest BCUT2D eigenvalue weighted by Gasteiger charge is 2.31. The predicted octanol–water partition coefficient (Wildman–Crippen LogP) is 3.27. The monoisotopic (exact) mass is 353 g/mol. The summed E-state index contributed by atoms with van der Waals surface area (Å²) in [6, 6.07) is 3.85. The highest BCUT2D eigenvalue weighted by atomic mass is 16.7. The van der Waals surface area contributed by atoms with Gasteiger partial charge in [-0.3, -0.25) is 4.79 Å². The standard InChI is InChI=1S/C19H19N3O4/c1-9-15(10(2)26-22-9)12-7-13(17(23)19-24-5-6-25-19)16-14(8-12)20-18(21-16)11-3-4-11/h7-8,11,19H,3-6H2,1-2H3,(H,20,21). The fraction of sp³-hybridized carbons (Fsp3) is 0.421. The van der Waals surface area contributed by atoms with E-state index < -0.39 is 6.29 Å². The Morgan fingerprint density at radius 3 is 2.62 bits per heavy atom. The largest absolute Gasteiger partial charge is 0.361 e. The molecule has 134 valence electrons. The molecule has 7 nitrogen and oxygen atoms in total. The molecule has 1 aliphatic carbocycles. The summed E-state index contributed by atoms with van der Waals surface area (Å²) in [6.07, 6.45) is 1.41. The van der Waals surface area contributed by atoms with E-state index in [2.05, 4.69) is 10.1 Å². The van der Waals surface area contributed by atoms with Gasteiger partial charge in [-0.25, -0.2) is 4.98 Å². The van der Waals surface area contributed by atoms with Gasteiger partial charge in [-0.05, 0) is 44.4 Å². The van der Waals surface area contributed by atoms with Gasteiger partial charge in [0.15, 0.2) is 0 Å². The minimum Gasteiger partial charge on any atom is -0.361 e. The van der Waals surface area contributed by atoms with Crippen molar-refractivity contribution in [2.24, 2.45) is 0 Å². The minimum absolute atomic E-state index is 0.199. The molecule has 0 unspecified atom stereocenters. The van der Waals surface area contributed by atoms with Crippen molar-refractivity contribution in [3.8, 4) is 11.1 Å². The normalized spacial score (nSPS) is 18.1. The molecule has 2 fully saturated rings. The molecule has 7 heteroatoms. The van der Waals surface area contributed by atoms with E-state index in [1.165, 1.54) is 0 Å². The number of nitrogens with one attached hydrogen (secondary N) is 1. The third kappa shape index (κ3) is 2.47. The molecule has 0 amide bonds. The summed E-state index contributed by atoms with van der Waals surface area (Å²) in [4.78, 5) is 21.1. The van der Waals surface area contributed by atoms with E-state index in [9.17, 15) is 4.79 Å². The number of H-pyrrole nitrogens is 1. The Morgan fingerprint density at radius 1 is 1.19 bits per heavy atom. The van der Waals surface area contributed by atoms with Gasteiger partial charge in [0.1, 0.15) is 11.6 Å². The zero-order chi connectivity index (χ0) is 17.8. The van der Waals surface area contributed by atoms with Crippen LogP contribution < -0.4 is 0 Å². The molecule has 1 N–H and O–H groups in total. The number of ether oxygens (including phenoxy) is 2. The minimum atomic E-state index is -0.862. The molecular weight excluding hydrogens is 334 g/mol. The first-order valence-electron chi connectivity index (χ1n) is 8.86. The number of imidazole rings is 1. The van der Waals surface area contributed by atoms with Crippen LogP contribution in [-0.4, -0.2) is 40.4 Å². The summed E-state index contributed by atoms with van der Waals surface area (Å²) >= 11 is 0. The quantitative estimate of drug-likeness (QED) is 0.724. The van der Waals surface area contributed by atoms with Crippen LogP contribution in [0.4, 0.5) is 0 Å². The second-order valence-electron chi connectivity index (χ2n) is 6.95. The van der Waals surface area contributed by atoms with Gasteiger partial charge in [0, 0.05) is 11.5 Å². The van der Waals surface area contributed by atoms with Gasteiger partial charge in [-0.2, -0.15) is 0 Å². The van der Waals surface area contributed by atoms with Crippen molar-refractivity contribution in [2.45, 2.75) is 38.9 Å². The lowest BCUT2D eigenvalue weighted by atomic mass is 9.98. The molecule has 1 aliphatic heterocycles. The molecule has 3 aromatic rings. The van der Waals surface area contributed by atoms with Gasteiger partial charge in [0.25, 0.3) is 0 Å². The molecule has 26 heavy (non-hydrogen) atoms. The molecule has 1 aromatic carbocycles. The Bertz CT molecular complexity index is 990. The van der Waals surface area contributed by atoms with E-state index in [0.29, 0.717) is 30.2 Å². The smallest absolute Gasteiger partial charge is 0.222 e. The van der Waals surface area contributed by atoms with Gasteiger partial charge in [0.05, 0.1) is 35.5 Å². The second kappa shape index (κ2) is 5.75. The summed E-state index contributed by atoms with van der Waals surface area (Å²) in [5.74, 6) is 1.93. The number of carbonyl (C=O) groups excluding carboxylic acids is 1. The highest BCUT2D eigenvalue weighted by molar-refractivity contribution is 6.09. The average Bonchev–Trinajstić information content (AvgIpc) is 3.04. The van der Waals surface area contributed by atoms with Crippen LogP contribution in [0, 0.1) is 13.8 Å². The van der Waals surface area contributed by atoms with Crippen LogP contribution >= 0.6 is 0 Å². The third-order valence-electron chi connectivity index (χ3n) is 4.99. The molecule has 1 saturated carbocycles. The lowest BCUT2D eigenvalue weighted by molar-refractivity contribution is -0.0212. The summed E-state index contributed by atoms with van der Waals surface area (Å²) < 4.78 is 16.1. The maximum atomic E-state index is 13.0. The lowest BCUT2D eigenvalue weighted by Gasteiger charge is -2.10. The Kier molecular flexibility index (Phi) is 3.48. The van der Waals surface area contributed by atoms with Gasteiger partial charge < -0.3 is 19.0 Å². The number of carbonyl (C=O) groups is 1. The van der Waals surface area contributed by atoms with Crippen LogP contribution in [0.5, 0.6) is 0 Å². The molecule has 0 radical (unpaired) electrons. The molecule has 5 rings (SSSR count). The van der Waals surface area contributed by atoms with Crippen molar-refractivity contribution in [1.29, 1.82) is 0 Å². The van der Waals surface area contributed by atoms with Crippen LogP contribution in [0.1, 0.15) is 46.4 Å². The van der Waals surface area contributed by atoms with E-state index in [1.807, 2.05) is 26.0 Å². The van der Waals surface area contributed by atoms with E-state index >= 15 is 0 Å². The van der Waals surface area contributed by atoms with Crippen LogP contribution in [0.15, 0.2) is 16.7 Å². The zero-order valence-electron chi connectivity index (χ0n) is 14.7. The number of nitrogens with zero attached hydrogens (tertiary/aromatic N) is 2. The van der Waals surface area contributed by atoms with Crippen LogP contribution in [0.25, 0.3) is 22.2 Å². The predicted molar refractivity (Wildman–Crippen MR) is 93.1 cm³/mol. The van der Waals surface area contributed by atoms with Gasteiger partial charge in [-0.1, -0.05) is 5.16 Å². The number of aromatic nitrogens is 3. The second-order valence-corrected chi connectivity index (χ2v) is 6.95. The first kappa shape index (κ1) is 15.7.